The third-order valence-corrected chi connectivity index (χ3v) is 4.47. The summed E-state index contributed by atoms with van der Waals surface area (Å²) in [5.41, 5.74) is 2.78. The van der Waals surface area contributed by atoms with E-state index in [4.69, 9.17) is 4.74 Å². The Labute approximate surface area is 149 Å². The van der Waals surface area contributed by atoms with Gasteiger partial charge in [0.2, 0.25) is 0 Å². The van der Waals surface area contributed by atoms with Crippen molar-refractivity contribution in [3.63, 3.8) is 0 Å². The minimum Gasteiger partial charge on any atom is -0.380 e. The first kappa shape index (κ1) is 17.4. The first-order chi connectivity index (χ1) is 12.3. The molecule has 0 atom stereocenters. The predicted octanol–water partition coefficient (Wildman–Crippen LogP) is 3.15. The number of pyridine rings is 1. The summed E-state index contributed by atoms with van der Waals surface area (Å²) in [7, 11) is 1.66. The van der Waals surface area contributed by atoms with Crippen molar-refractivity contribution in [2.45, 2.75) is 32.4 Å². The molecule has 0 unspecified atom stereocenters. The van der Waals surface area contributed by atoms with Crippen LogP contribution in [0.4, 0.5) is 5.82 Å². The number of aromatic nitrogens is 1. The van der Waals surface area contributed by atoms with Crippen LogP contribution in [0.1, 0.15) is 40.7 Å². The Hall–Kier alpha value is -2.40. The molecule has 1 aliphatic heterocycles. The summed E-state index contributed by atoms with van der Waals surface area (Å²) in [4.78, 5) is 19.1. The summed E-state index contributed by atoms with van der Waals surface area (Å²) in [6.07, 6.45) is 5.57. The van der Waals surface area contributed by atoms with Crippen molar-refractivity contribution in [2.75, 3.05) is 25.1 Å². The molecule has 1 saturated heterocycles. The maximum atomic E-state index is 12.3. The van der Waals surface area contributed by atoms with E-state index in [2.05, 4.69) is 21.3 Å². The van der Waals surface area contributed by atoms with E-state index in [-0.39, 0.29) is 5.91 Å². The van der Waals surface area contributed by atoms with Crippen LogP contribution in [0.5, 0.6) is 0 Å². The van der Waals surface area contributed by atoms with E-state index in [1.54, 1.807) is 7.11 Å². The molecule has 25 heavy (non-hydrogen) atoms. The van der Waals surface area contributed by atoms with Crippen molar-refractivity contribution in [1.82, 2.24) is 10.3 Å². The van der Waals surface area contributed by atoms with Crippen LogP contribution in [0.2, 0.25) is 0 Å². The van der Waals surface area contributed by atoms with Gasteiger partial charge in [-0.25, -0.2) is 4.98 Å². The highest BCUT2D eigenvalue weighted by atomic mass is 16.5. The van der Waals surface area contributed by atoms with Crippen LogP contribution in [-0.2, 0) is 17.9 Å². The zero-order valence-electron chi connectivity index (χ0n) is 14.7. The molecule has 0 radical (unpaired) electrons. The van der Waals surface area contributed by atoms with Crippen molar-refractivity contribution in [3.05, 3.63) is 59.3 Å². The fourth-order valence-electron chi connectivity index (χ4n) is 3.07. The molecule has 1 aromatic heterocycles. The number of hydrogen-bond donors (Lipinski definition) is 1. The number of piperidine rings is 1. The van der Waals surface area contributed by atoms with Gasteiger partial charge in [-0.1, -0.05) is 12.1 Å². The number of carbonyl (C=O) groups excluding carboxylic acids is 1. The molecule has 1 aromatic carbocycles. The topological polar surface area (TPSA) is 54.5 Å². The lowest BCUT2D eigenvalue weighted by molar-refractivity contribution is 0.0951. The molecule has 0 aliphatic carbocycles. The highest BCUT2D eigenvalue weighted by molar-refractivity contribution is 5.94. The molecule has 1 N–H and O–H groups in total. The van der Waals surface area contributed by atoms with Gasteiger partial charge in [-0.2, -0.15) is 0 Å². The number of nitrogens with zero attached hydrogens (tertiary/aromatic N) is 2. The molecule has 0 spiro atoms. The van der Waals surface area contributed by atoms with Gasteiger partial charge in [0.1, 0.15) is 5.82 Å². The van der Waals surface area contributed by atoms with Crippen LogP contribution in [0.3, 0.4) is 0 Å². The zero-order valence-corrected chi connectivity index (χ0v) is 14.7. The minimum atomic E-state index is -0.0692. The smallest absolute Gasteiger partial charge is 0.251 e. The van der Waals surface area contributed by atoms with E-state index >= 15 is 0 Å². The number of methoxy groups -OCH3 is 1. The van der Waals surface area contributed by atoms with Gasteiger partial charge in [0.25, 0.3) is 5.91 Å². The van der Waals surface area contributed by atoms with Crippen LogP contribution >= 0.6 is 0 Å². The second-order valence-corrected chi connectivity index (χ2v) is 6.38. The monoisotopic (exact) mass is 339 g/mol. The van der Waals surface area contributed by atoms with Crippen LogP contribution in [0.25, 0.3) is 0 Å². The molecule has 1 amide bonds. The fourth-order valence-corrected chi connectivity index (χ4v) is 3.07. The quantitative estimate of drug-likeness (QED) is 0.878. The third-order valence-electron chi connectivity index (χ3n) is 4.47. The molecule has 2 aromatic rings. The Morgan fingerprint density at radius 1 is 1.12 bits per heavy atom. The fraction of sp³-hybridized carbons (Fsp3) is 0.400. The van der Waals surface area contributed by atoms with Crippen molar-refractivity contribution >= 4 is 11.7 Å². The Bertz CT molecular complexity index is 694. The molecule has 3 rings (SSSR count). The van der Waals surface area contributed by atoms with Gasteiger partial charge in [-0.3, -0.25) is 4.79 Å². The van der Waals surface area contributed by atoms with Crippen LogP contribution in [-0.4, -0.2) is 31.1 Å². The van der Waals surface area contributed by atoms with Gasteiger partial charge in [0, 0.05) is 38.5 Å². The number of rotatable bonds is 6. The van der Waals surface area contributed by atoms with E-state index < -0.39 is 0 Å². The van der Waals surface area contributed by atoms with Gasteiger partial charge < -0.3 is 15.0 Å². The Kier molecular flexibility index (Phi) is 6.01. The molecule has 2 heterocycles. The van der Waals surface area contributed by atoms with Crippen molar-refractivity contribution < 1.29 is 9.53 Å². The number of amides is 1. The Morgan fingerprint density at radius 3 is 2.60 bits per heavy atom. The van der Waals surface area contributed by atoms with Gasteiger partial charge in [0.05, 0.1) is 6.61 Å². The van der Waals surface area contributed by atoms with E-state index in [1.807, 2.05) is 36.5 Å². The maximum absolute atomic E-state index is 12.3. The molecule has 0 bridgehead atoms. The summed E-state index contributed by atoms with van der Waals surface area (Å²) in [5, 5.41) is 2.98. The lowest BCUT2D eigenvalue weighted by Gasteiger charge is -2.27. The van der Waals surface area contributed by atoms with Crippen molar-refractivity contribution in [1.29, 1.82) is 0 Å². The van der Waals surface area contributed by atoms with Gasteiger partial charge in [-0.05, 0) is 54.7 Å². The Morgan fingerprint density at radius 2 is 1.88 bits per heavy atom. The largest absolute Gasteiger partial charge is 0.380 e. The average molecular weight is 339 g/mol. The van der Waals surface area contributed by atoms with Gasteiger partial charge in [0.15, 0.2) is 0 Å². The number of nitrogens with one attached hydrogen (secondary N) is 1. The van der Waals surface area contributed by atoms with Crippen LogP contribution < -0.4 is 10.2 Å². The molecule has 5 heteroatoms. The van der Waals surface area contributed by atoms with E-state index in [1.165, 1.54) is 19.3 Å². The standard InChI is InChI=1S/C20H25N3O2/c1-25-15-16-5-7-18(8-6-16)20(24)22-14-17-9-10-21-19(13-17)23-11-3-2-4-12-23/h5-10,13H,2-4,11-12,14-15H2,1H3,(H,22,24). The number of anilines is 1. The number of carbonyl (C=O) groups is 1. The molecular formula is C20H25N3O2. The summed E-state index contributed by atoms with van der Waals surface area (Å²) >= 11 is 0. The summed E-state index contributed by atoms with van der Waals surface area (Å²) in [6, 6.07) is 11.5. The SMILES string of the molecule is COCc1ccc(C(=O)NCc2ccnc(N3CCCCC3)c2)cc1. The van der Waals surface area contributed by atoms with Gasteiger partial charge >= 0.3 is 0 Å². The summed E-state index contributed by atoms with van der Waals surface area (Å²) in [6.45, 7) is 3.19. The highest BCUT2D eigenvalue weighted by Gasteiger charge is 2.12. The van der Waals surface area contributed by atoms with Gasteiger partial charge in [-0.15, -0.1) is 0 Å². The molecule has 1 fully saturated rings. The van der Waals surface area contributed by atoms with Crippen LogP contribution in [0, 0.1) is 0 Å². The van der Waals surface area contributed by atoms with Crippen molar-refractivity contribution in [3.8, 4) is 0 Å². The number of hydrogen-bond acceptors (Lipinski definition) is 4. The first-order valence-electron chi connectivity index (χ1n) is 8.82. The zero-order chi connectivity index (χ0) is 17.5. The van der Waals surface area contributed by atoms with E-state index in [9.17, 15) is 4.79 Å². The van der Waals surface area contributed by atoms with E-state index in [0.29, 0.717) is 18.7 Å². The third kappa shape index (κ3) is 4.79. The lowest BCUT2D eigenvalue weighted by atomic mass is 10.1. The minimum absolute atomic E-state index is 0.0692. The lowest BCUT2D eigenvalue weighted by Crippen LogP contribution is -2.30. The number of ether oxygens (including phenoxy) is 1. The maximum Gasteiger partial charge on any atom is 0.251 e. The average Bonchev–Trinajstić information content (AvgIpc) is 2.68. The molecular weight excluding hydrogens is 314 g/mol. The second-order valence-electron chi connectivity index (χ2n) is 6.38. The number of benzene rings is 1. The molecule has 1 aliphatic rings. The molecule has 132 valence electrons. The predicted molar refractivity (Wildman–Crippen MR) is 98.6 cm³/mol. The van der Waals surface area contributed by atoms with E-state index in [0.717, 1.165) is 30.0 Å². The second kappa shape index (κ2) is 8.62. The highest BCUT2D eigenvalue weighted by Crippen LogP contribution is 2.18. The summed E-state index contributed by atoms with van der Waals surface area (Å²) < 4.78 is 5.08. The summed E-state index contributed by atoms with van der Waals surface area (Å²) in [5.74, 6) is 0.940. The molecule has 5 nitrogen and oxygen atoms in total. The molecule has 0 saturated carbocycles. The normalized spacial score (nSPS) is 14.4. The first-order valence-corrected chi connectivity index (χ1v) is 8.82. The van der Waals surface area contributed by atoms with Crippen molar-refractivity contribution in [2.24, 2.45) is 0 Å². The Balaban J connectivity index is 1.58. The van der Waals surface area contributed by atoms with Crippen LogP contribution in [0.15, 0.2) is 42.6 Å².